The number of rotatable bonds is 7. The Kier molecular flexibility index (Phi) is 6.09. The van der Waals surface area contributed by atoms with Crippen LogP contribution in [0.15, 0.2) is 29.6 Å². The molecule has 5 nitrogen and oxygen atoms in total. The highest BCUT2D eigenvalue weighted by Gasteiger charge is 2.23. The van der Waals surface area contributed by atoms with E-state index in [1.165, 1.54) is 14.2 Å². The van der Waals surface area contributed by atoms with Gasteiger partial charge in [0.05, 0.1) is 32.9 Å². The summed E-state index contributed by atoms with van der Waals surface area (Å²) < 4.78 is 15.9. The van der Waals surface area contributed by atoms with Crippen molar-refractivity contribution in [3.8, 4) is 17.2 Å². The zero-order valence-corrected chi connectivity index (χ0v) is 15.4. The minimum Gasteiger partial charge on any atom is -0.496 e. The average Bonchev–Trinajstić information content (AvgIpc) is 3.11. The van der Waals surface area contributed by atoms with E-state index in [2.05, 4.69) is 19.2 Å². The molecule has 0 aliphatic carbocycles. The van der Waals surface area contributed by atoms with Crippen molar-refractivity contribution in [1.29, 1.82) is 0 Å². The fraction of sp³-hybridized carbons (Fsp3) is 0.389. The van der Waals surface area contributed by atoms with Gasteiger partial charge in [0, 0.05) is 17.0 Å². The maximum atomic E-state index is 12.8. The van der Waals surface area contributed by atoms with E-state index >= 15 is 0 Å². The highest BCUT2D eigenvalue weighted by atomic mass is 32.1. The van der Waals surface area contributed by atoms with Crippen molar-refractivity contribution < 1.29 is 19.0 Å². The van der Waals surface area contributed by atoms with Gasteiger partial charge in [0.1, 0.15) is 5.75 Å². The molecule has 24 heavy (non-hydrogen) atoms. The van der Waals surface area contributed by atoms with Crippen molar-refractivity contribution in [1.82, 2.24) is 5.32 Å². The Morgan fingerprint density at radius 3 is 2.17 bits per heavy atom. The lowest BCUT2D eigenvalue weighted by Gasteiger charge is -2.22. The summed E-state index contributed by atoms with van der Waals surface area (Å²) in [6.45, 7) is 4.16. The maximum Gasteiger partial charge on any atom is 0.255 e. The van der Waals surface area contributed by atoms with Gasteiger partial charge in [-0.3, -0.25) is 4.79 Å². The Labute approximate surface area is 146 Å². The van der Waals surface area contributed by atoms with Crippen LogP contribution in [0.25, 0.3) is 0 Å². The van der Waals surface area contributed by atoms with Crippen molar-refractivity contribution in [3.63, 3.8) is 0 Å². The molecule has 0 fully saturated rings. The Hall–Kier alpha value is -2.21. The molecule has 1 aromatic heterocycles. The lowest BCUT2D eigenvalue weighted by molar-refractivity contribution is 0.0923. The Morgan fingerprint density at radius 2 is 1.67 bits per heavy atom. The van der Waals surface area contributed by atoms with Crippen LogP contribution in [0, 0.1) is 5.92 Å². The van der Waals surface area contributed by atoms with Gasteiger partial charge in [0.2, 0.25) is 0 Å². The summed E-state index contributed by atoms with van der Waals surface area (Å²) in [5, 5.41) is 5.10. The van der Waals surface area contributed by atoms with Crippen molar-refractivity contribution in [3.05, 3.63) is 40.1 Å². The number of nitrogens with one attached hydrogen (secondary N) is 1. The molecule has 2 rings (SSSR count). The third kappa shape index (κ3) is 3.82. The number of amides is 1. The lowest BCUT2D eigenvalue weighted by atomic mass is 10.0. The smallest absolute Gasteiger partial charge is 0.255 e. The predicted molar refractivity (Wildman–Crippen MR) is 95.5 cm³/mol. The normalized spacial score (nSPS) is 11.9. The molecular weight excluding hydrogens is 326 g/mol. The topological polar surface area (TPSA) is 56.8 Å². The number of carbonyl (C=O) groups is 1. The number of methoxy groups -OCH3 is 3. The SMILES string of the molecule is COc1cc(OC)c(C(=O)N[C@H](c2cccs2)C(C)C)cc1OC. The molecule has 0 aliphatic rings. The molecule has 1 atom stereocenters. The quantitative estimate of drug-likeness (QED) is 0.824. The van der Waals surface area contributed by atoms with E-state index in [4.69, 9.17) is 14.2 Å². The Balaban J connectivity index is 2.34. The molecule has 1 heterocycles. The van der Waals surface area contributed by atoms with Crippen molar-refractivity contribution >= 4 is 17.2 Å². The van der Waals surface area contributed by atoms with Crippen LogP contribution in [0.1, 0.15) is 35.1 Å². The van der Waals surface area contributed by atoms with Crippen LogP contribution >= 0.6 is 11.3 Å². The van der Waals surface area contributed by atoms with Gasteiger partial charge in [0.25, 0.3) is 5.91 Å². The molecule has 0 spiro atoms. The molecule has 0 saturated heterocycles. The fourth-order valence-electron chi connectivity index (χ4n) is 2.46. The molecule has 1 N–H and O–H groups in total. The van der Waals surface area contributed by atoms with Crippen LogP contribution in [0.3, 0.4) is 0 Å². The van der Waals surface area contributed by atoms with E-state index in [0.29, 0.717) is 22.8 Å². The third-order valence-electron chi connectivity index (χ3n) is 3.75. The molecule has 0 saturated carbocycles. The van der Waals surface area contributed by atoms with E-state index in [0.717, 1.165) is 4.88 Å². The summed E-state index contributed by atoms with van der Waals surface area (Å²) in [6, 6.07) is 7.25. The number of thiophene rings is 1. The molecule has 0 aliphatic heterocycles. The van der Waals surface area contributed by atoms with Gasteiger partial charge in [-0.05, 0) is 17.4 Å². The monoisotopic (exact) mass is 349 g/mol. The van der Waals surface area contributed by atoms with Crippen LogP contribution in [-0.4, -0.2) is 27.2 Å². The van der Waals surface area contributed by atoms with Gasteiger partial charge in [-0.2, -0.15) is 0 Å². The molecule has 2 aromatic rings. The van der Waals surface area contributed by atoms with Crippen molar-refractivity contribution in [2.24, 2.45) is 5.92 Å². The van der Waals surface area contributed by atoms with E-state index in [-0.39, 0.29) is 17.9 Å². The van der Waals surface area contributed by atoms with Gasteiger partial charge in [-0.25, -0.2) is 0 Å². The fourth-order valence-corrected chi connectivity index (χ4v) is 3.41. The summed E-state index contributed by atoms with van der Waals surface area (Å²) >= 11 is 1.63. The standard InChI is InChI=1S/C18H23NO4S/c1-11(2)17(16-7-6-8-24-16)19-18(20)12-9-14(22-4)15(23-5)10-13(12)21-3/h6-11,17H,1-5H3,(H,19,20)/t17-/m0/s1. The minimum absolute atomic E-state index is 0.0599. The van der Waals surface area contributed by atoms with Crippen molar-refractivity contribution in [2.75, 3.05) is 21.3 Å². The first-order valence-electron chi connectivity index (χ1n) is 7.66. The molecule has 0 bridgehead atoms. The van der Waals surface area contributed by atoms with E-state index in [1.807, 2.05) is 17.5 Å². The first-order chi connectivity index (χ1) is 11.5. The zero-order chi connectivity index (χ0) is 17.7. The molecular formula is C18H23NO4S. The summed E-state index contributed by atoms with van der Waals surface area (Å²) in [6.07, 6.45) is 0. The van der Waals surface area contributed by atoms with E-state index < -0.39 is 0 Å². The van der Waals surface area contributed by atoms with Gasteiger partial charge in [-0.1, -0.05) is 19.9 Å². The van der Waals surface area contributed by atoms with E-state index in [1.54, 1.807) is 30.6 Å². The largest absolute Gasteiger partial charge is 0.496 e. The van der Waals surface area contributed by atoms with Gasteiger partial charge >= 0.3 is 0 Å². The first kappa shape index (κ1) is 18.1. The molecule has 1 aromatic carbocycles. The van der Waals surface area contributed by atoms with E-state index in [9.17, 15) is 4.79 Å². The van der Waals surface area contributed by atoms with Crippen LogP contribution in [0.5, 0.6) is 17.2 Å². The predicted octanol–water partition coefficient (Wildman–Crippen LogP) is 3.90. The summed E-state index contributed by atoms with van der Waals surface area (Å²) in [5.41, 5.74) is 0.414. The van der Waals surface area contributed by atoms with Gasteiger partial charge in [-0.15, -0.1) is 11.3 Å². The van der Waals surface area contributed by atoms with Gasteiger partial charge < -0.3 is 19.5 Å². The Bertz CT molecular complexity index is 683. The molecule has 1 amide bonds. The second-order valence-corrected chi connectivity index (χ2v) is 6.60. The Morgan fingerprint density at radius 1 is 1.04 bits per heavy atom. The second kappa shape index (κ2) is 8.06. The number of carbonyl (C=O) groups excluding carboxylic acids is 1. The first-order valence-corrected chi connectivity index (χ1v) is 8.54. The van der Waals surface area contributed by atoms with Crippen LogP contribution in [0.2, 0.25) is 0 Å². The lowest BCUT2D eigenvalue weighted by Crippen LogP contribution is -2.31. The average molecular weight is 349 g/mol. The summed E-state index contributed by atoms with van der Waals surface area (Å²) in [7, 11) is 4.61. The van der Waals surface area contributed by atoms with Crippen LogP contribution in [-0.2, 0) is 0 Å². The number of hydrogen-bond acceptors (Lipinski definition) is 5. The number of hydrogen-bond donors (Lipinski definition) is 1. The van der Waals surface area contributed by atoms with Crippen LogP contribution < -0.4 is 19.5 Å². The second-order valence-electron chi connectivity index (χ2n) is 5.62. The minimum atomic E-state index is -0.208. The molecule has 0 unspecified atom stereocenters. The molecule has 6 heteroatoms. The highest BCUT2D eigenvalue weighted by molar-refractivity contribution is 7.10. The van der Waals surface area contributed by atoms with Crippen molar-refractivity contribution in [2.45, 2.75) is 19.9 Å². The zero-order valence-electron chi connectivity index (χ0n) is 14.6. The van der Waals surface area contributed by atoms with Gasteiger partial charge in [0.15, 0.2) is 11.5 Å². The summed E-state index contributed by atoms with van der Waals surface area (Å²) in [5.74, 6) is 1.50. The highest BCUT2D eigenvalue weighted by Crippen LogP contribution is 2.35. The van der Waals surface area contributed by atoms with Crippen LogP contribution in [0.4, 0.5) is 0 Å². The molecule has 0 radical (unpaired) electrons. The number of benzene rings is 1. The number of ether oxygens (including phenoxy) is 3. The summed E-state index contributed by atoms with van der Waals surface area (Å²) in [4.78, 5) is 13.9. The molecule has 130 valence electrons. The third-order valence-corrected chi connectivity index (χ3v) is 4.71. The maximum absolute atomic E-state index is 12.8.